The third kappa shape index (κ3) is 8.05. The third-order valence-electron chi connectivity index (χ3n) is 5.10. The van der Waals surface area contributed by atoms with Crippen LogP contribution < -0.4 is 20.7 Å². The van der Waals surface area contributed by atoms with E-state index in [2.05, 4.69) is 66.0 Å². The van der Waals surface area contributed by atoms with Gasteiger partial charge in [-0.3, -0.25) is 9.79 Å². The Bertz CT molecular complexity index is 880. The van der Waals surface area contributed by atoms with E-state index in [0.29, 0.717) is 18.0 Å². The first kappa shape index (κ1) is 26.7. The second-order valence-electron chi connectivity index (χ2n) is 7.93. The quantitative estimate of drug-likeness (QED) is 0.263. The molecule has 1 amide bonds. The Morgan fingerprint density at radius 3 is 2.26 bits per heavy atom. The summed E-state index contributed by atoms with van der Waals surface area (Å²) in [6.45, 7) is 9.40. The number of guanidine groups is 1. The zero-order valence-corrected chi connectivity index (χ0v) is 21.7. The van der Waals surface area contributed by atoms with Crippen LogP contribution in [0, 0.1) is 0 Å². The molecule has 7 heteroatoms. The normalized spacial score (nSPS) is 11.4. The molecule has 170 valence electrons. The van der Waals surface area contributed by atoms with Gasteiger partial charge >= 0.3 is 0 Å². The summed E-state index contributed by atoms with van der Waals surface area (Å²) in [4.78, 5) is 15.8. The number of hydrogen-bond donors (Lipinski definition) is 3. The molecule has 0 spiro atoms. The maximum Gasteiger partial charge on any atom is 0.221 e. The predicted octanol–water partition coefficient (Wildman–Crippen LogP) is 4.48. The van der Waals surface area contributed by atoms with Crippen LogP contribution in [0.3, 0.4) is 0 Å². The highest BCUT2D eigenvalue weighted by molar-refractivity contribution is 14.0. The highest BCUT2D eigenvalue weighted by Gasteiger charge is 2.21. The lowest BCUT2D eigenvalue weighted by atomic mass is 9.84. The molecule has 2 aromatic rings. The van der Waals surface area contributed by atoms with Crippen LogP contribution in [-0.2, 0) is 23.2 Å². The Kier molecular flexibility index (Phi) is 10.8. The standard InChI is InChI=1S/C24H34N4O2.HI/c1-7-18-8-11-20(12-9-18)24(3,4)16-27-23(25-5)26-15-19-10-13-22(30-6)21(14-19)28-17(2)29;/h8-14H,7,15-16H2,1-6H3,(H,28,29)(H2,25,26,27);1H. The lowest BCUT2D eigenvalue weighted by Crippen LogP contribution is -2.43. The highest BCUT2D eigenvalue weighted by Crippen LogP contribution is 2.25. The van der Waals surface area contributed by atoms with Gasteiger partial charge < -0.3 is 20.7 Å². The Morgan fingerprint density at radius 1 is 1.06 bits per heavy atom. The maximum absolute atomic E-state index is 11.4. The molecule has 0 saturated carbocycles. The minimum Gasteiger partial charge on any atom is -0.495 e. The lowest BCUT2D eigenvalue weighted by Gasteiger charge is -2.27. The van der Waals surface area contributed by atoms with Crippen molar-refractivity contribution in [1.82, 2.24) is 10.6 Å². The van der Waals surface area contributed by atoms with Gasteiger partial charge in [-0.25, -0.2) is 0 Å². The van der Waals surface area contributed by atoms with Crippen molar-refractivity contribution in [2.45, 2.75) is 46.1 Å². The number of aryl methyl sites for hydroxylation is 1. The Morgan fingerprint density at radius 2 is 1.71 bits per heavy atom. The van der Waals surface area contributed by atoms with Crippen LogP contribution in [0.15, 0.2) is 47.5 Å². The Balaban J connectivity index is 0.00000480. The number of ether oxygens (including phenoxy) is 1. The molecule has 31 heavy (non-hydrogen) atoms. The molecular weight excluding hydrogens is 503 g/mol. The van der Waals surface area contributed by atoms with Gasteiger partial charge in [-0.15, -0.1) is 24.0 Å². The van der Waals surface area contributed by atoms with E-state index in [0.717, 1.165) is 24.5 Å². The molecule has 0 saturated heterocycles. The molecule has 0 aliphatic heterocycles. The van der Waals surface area contributed by atoms with Crippen molar-refractivity contribution in [2.24, 2.45) is 4.99 Å². The van der Waals surface area contributed by atoms with Gasteiger partial charge in [0.15, 0.2) is 5.96 Å². The lowest BCUT2D eigenvalue weighted by molar-refractivity contribution is -0.114. The van der Waals surface area contributed by atoms with Gasteiger partial charge in [0.05, 0.1) is 12.8 Å². The van der Waals surface area contributed by atoms with Gasteiger partial charge in [-0.05, 0) is 35.2 Å². The summed E-state index contributed by atoms with van der Waals surface area (Å²) >= 11 is 0. The molecule has 0 aliphatic rings. The average molecular weight is 538 g/mol. The number of aliphatic imine (C=N–C) groups is 1. The molecule has 2 aromatic carbocycles. The van der Waals surface area contributed by atoms with E-state index in [1.165, 1.54) is 18.1 Å². The van der Waals surface area contributed by atoms with Crippen molar-refractivity contribution in [1.29, 1.82) is 0 Å². The first-order valence-corrected chi connectivity index (χ1v) is 10.3. The number of rotatable bonds is 8. The summed E-state index contributed by atoms with van der Waals surface area (Å²) in [6, 6.07) is 14.5. The Hall–Kier alpha value is -2.29. The summed E-state index contributed by atoms with van der Waals surface area (Å²) in [5.41, 5.74) is 4.26. The molecule has 0 unspecified atom stereocenters. The fourth-order valence-electron chi connectivity index (χ4n) is 3.16. The van der Waals surface area contributed by atoms with Gasteiger partial charge in [-0.2, -0.15) is 0 Å². The molecular formula is C24H35IN4O2. The SMILES string of the molecule is CCc1ccc(C(C)(C)CNC(=NC)NCc2ccc(OC)c(NC(C)=O)c2)cc1.I. The Labute approximate surface area is 203 Å². The third-order valence-corrected chi connectivity index (χ3v) is 5.10. The second-order valence-corrected chi connectivity index (χ2v) is 7.93. The van der Waals surface area contributed by atoms with Gasteiger partial charge in [-0.1, -0.05) is 51.1 Å². The van der Waals surface area contributed by atoms with E-state index in [9.17, 15) is 4.79 Å². The number of nitrogens with zero attached hydrogens (tertiary/aromatic N) is 1. The van der Waals surface area contributed by atoms with Crippen molar-refractivity contribution < 1.29 is 9.53 Å². The number of hydrogen-bond acceptors (Lipinski definition) is 3. The van der Waals surface area contributed by atoms with E-state index in [4.69, 9.17) is 4.74 Å². The van der Waals surface area contributed by atoms with Crippen LogP contribution >= 0.6 is 24.0 Å². The van der Waals surface area contributed by atoms with E-state index < -0.39 is 0 Å². The number of nitrogens with one attached hydrogen (secondary N) is 3. The minimum absolute atomic E-state index is 0. The van der Waals surface area contributed by atoms with Crippen LogP contribution in [0.5, 0.6) is 5.75 Å². The molecule has 2 rings (SSSR count). The van der Waals surface area contributed by atoms with Gasteiger partial charge in [0.2, 0.25) is 5.91 Å². The van der Waals surface area contributed by atoms with Crippen LogP contribution in [0.25, 0.3) is 0 Å². The zero-order valence-electron chi connectivity index (χ0n) is 19.3. The number of carbonyl (C=O) groups is 1. The number of carbonyl (C=O) groups excluding carboxylic acids is 1. The summed E-state index contributed by atoms with van der Waals surface area (Å²) in [7, 11) is 3.34. The number of anilines is 1. The first-order chi connectivity index (χ1) is 14.3. The van der Waals surface area contributed by atoms with Gasteiger partial charge in [0.25, 0.3) is 0 Å². The summed E-state index contributed by atoms with van der Waals surface area (Å²) in [6.07, 6.45) is 1.05. The summed E-state index contributed by atoms with van der Waals surface area (Å²) in [5.74, 6) is 1.22. The molecule has 6 nitrogen and oxygen atoms in total. The van der Waals surface area contributed by atoms with Crippen molar-refractivity contribution in [3.8, 4) is 5.75 Å². The molecule has 0 heterocycles. The second kappa shape index (κ2) is 12.5. The molecule has 0 radical (unpaired) electrons. The number of benzene rings is 2. The van der Waals surface area contributed by atoms with Crippen LogP contribution in [-0.4, -0.2) is 32.6 Å². The fraction of sp³-hybridized carbons (Fsp3) is 0.417. The zero-order chi connectivity index (χ0) is 22.1. The average Bonchev–Trinajstić information content (AvgIpc) is 2.73. The van der Waals surface area contributed by atoms with Crippen molar-refractivity contribution >= 4 is 41.5 Å². The molecule has 0 atom stereocenters. The topological polar surface area (TPSA) is 74.8 Å². The van der Waals surface area contributed by atoms with Gasteiger partial charge in [0, 0.05) is 32.5 Å². The predicted molar refractivity (Wildman–Crippen MR) is 140 cm³/mol. The molecule has 0 fully saturated rings. The maximum atomic E-state index is 11.4. The number of methoxy groups -OCH3 is 1. The molecule has 0 aromatic heterocycles. The number of halogens is 1. The van der Waals surface area contributed by atoms with Crippen LogP contribution in [0.4, 0.5) is 5.69 Å². The molecule has 3 N–H and O–H groups in total. The van der Waals surface area contributed by atoms with E-state index in [1.54, 1.807) is 14.2 Å². The fourth-order valence-corrected chi connectivity index (χ4v) is 3.16. The molecule has 0 aliphatic carbocycles. The smallest absolute Gasteiger partial charge is 0.221 e. The van der Waals surface area contributed by atoms with Crippen molar-refractivity contribution in [3.63, 3.8) is 0 Å². The highest BCUT2D eigenvalue weighted by atomic mass is 127. The molecule has 0 bridgehead atoms. The van der Waals surface area contributed by atoms with Gasteiger partial charge in [0.1, 0.15) is 5.75 Å². The summed E-state index contributed by atoms with van der Waals surface area (Å²) in [5, 5.41) is 9.55. The minimum atomic E-state index is -0.134. The first-order valence-electron chi connectivity index (χ1n) is 10.3. The van der Waals surface area contributed by atoms with Crippen molar-refractivity contribution in [3.05, 3.63) is 59.2 Å². The van der Waals surface area contributed by atoms with E-state index >= 15 is 0 Å². The van der Waals surface area contributed by atoms with E-state index in [1.807, 2.05) is 18.2 Å². The van der Waals surface area contributed by atoms with Crippen LogP contribution in [0.2, 0.25) is 0 Å². The van der Waals surface area contributed by atoms with Crippen molar-refractivity contribution in [2.75, 3.05) is 26.0 Å². The number of amides is 1. The van der Waals surface area contributed by atoms with Crippen LogP contribution in [0.1, 0.15) is 44.4 Å². The monoisotopic (exact) mass is 538 g/mol. The summed E-state index contributed by atoms with van der Waals surface area (Å²) < 4.78 is 5.31. The van der Waals surface area contributed by atoms with E-state index in [-0.39, 0.29) is 35.3 Å². The largest absolute Gasteiger partial charge is 0.495 e.